The number of nitrogens with one attached hydrogen (secondary N) is 1. The first-order valence-electron chi connectivity index (χ1n) is 7.75. The third-order valence-electron chi connectivity index (χ3n) is 5.07. The van der Waals surface area contributed by atoms with Crippen LogP contribution in [0.1, 0.15) is 36.9 Å². The number of benzene rings is 1. The minimum atomic E-state index is 0.203. The second kappa shape index (κ2) is 6.00. The maximum atomic E-state index is 5.91. The minimum absolute atomic E-state index is 0.203. The van der Waals surface area contributed by atoms with Gasteiger partial charge in [-0.25, -0.2) is 0 Å². The van der Waals surface area contributed by atoms with Crippen LogP contribution >= 0.6 is 0 Å². The first kappa shape index (κ1) is 14.3. The molecule has 4 nitrogen and oxygen atoms in total. The molecule has 0 aliphatic heterocycles. The Hall–Kier alpha value is -1.65. The van der Waals surface area contributed by atoms with Crippen LogP contribution in [0.4, 0.5) is 0 Å². The van der Waals surface area contributed by atoms with Crippen LogP contribution in [0.15, 0.2) is 42.6 Å². The van der Waals surface area contributed by atoms with E-state index in [4.69, 9.17) is 5.84 Å². The molecule has 1 saturated carbocycles. The molecule has 0 bridgehead atoms. The van der Waals surface area contributed by atoms with Crippen LogP contribution in [0.5, 0.6) is 0 Å². The van der Waals surface area contributed by atoms with Gasteiger partial charge >= 0.3 is 0 Å². The van der Waals surface area contributed by atoms with Gasteiger partial charge < -0.3 is 0 Å². The number of rotatable bonds is 6. The number of nitrogens with two attached hydrogens (primary N) is 1. The minimum Gasteiger partial charge on any atom is -0.273 e. The number of hydrazine groups is 1. The molecule has 0 saturated heterocycles. The molecule has 112 valence electrons. The lowest BCUT2D eigenvalue weighted by Gasteiger charge is -2.48. The first-order chi connectivity index (χ1) is 10.3. The van der Waals surface area contributed by atoms with E-state index in [2.05, 4.69) is 46.9 Å². The molecule has 21 heavy (non-hydrogen) atoms. The number of hydrogen-bond donors (Lipinski definition) is 2. The zero-order valence-electron chi connectivity index (χ0n) is 12.6. The fourth-order valence-electron chi connectivity index (χ4n) is 3.62. The van der Waals surface area contributed by atoms with E-state index in [1.807, 2.05) is 17.9 Å². The van der Waals surface area contributed by atoms with Gasteiger partial charge in [-0.15, -0.1) is 0 Å². The fraction of sp³-hybridized carbons (Fsp3) is 0.471. The first-order valence-corrected chi connectivity index (χ1v) is 7.75. The van der Waals surface area contributed by atoms with Gasteiger partial charge in [0.15, 0.2) is 0 Å². The Morgan fingerprint density at radius 1 is 1.29 bits per heavy atom. The van der Waals surface area contributed by atoms with Gasteiger partial charge in [-0.1, -0.05) is 36.8 Å². The number of hydrogen-bond acceptors (Lipinski definition) is 3. The van der Waals surface area contributed by atoms with Gasteiger partial charge in [-0.05, 0) is 37.3 Å². The summed E-state index contributed by atoms with van der Waals surface area (Å²) in [6.07, 6.45) is 7.62. The Labute approximate surface area is 126 Å². The maximum absolute atomic E-state index is 5.91. The van der Waals surface area contributed by atoms with Gasteiger partial charge in [0.25, 0.3) is 0 Å². The van der Waals surface area contributed by atoms with Crippen molar-refractivity contribution >= 4 is 0 Å². The van der Waals surface area contributed by atoms with Gasteiger partial charge in [0.2, 0.25) is 0 Å². The van der Waals surface area contributed by atoms with Crippen molar-refractivity contribution < 1.29 is 0 Å². The Bertz CT molecular complexity index is 571. The largest absolute Gasteiger partial charge is 0.273 e. The van der Waals surface area contributed by atoms with Crippen LogP contribution < -0.4 is 11.3 Å². The fourth-order valence-corrected chi connectivity index (χ4v) is 3.62. The van der Waals surface area contributed by atoms with Crippen molar-refractivity contribution in [2.24, 2.45) is 12.9 Å². The average molecular weight is 284 g/mol. The SMILES string of the molecule is Cn1nccc1CCC(NN)C1(c2ccccc2)CCC1. The van der Waals surface area contributed by atoms with Crippen molar-refractivity contribution in [1.29, 1.82) is 0 Å². The molecule has 3 rings (SSSR count). The smallest absolute Gasteiger partial charge is 0.0492 e. The summed E-state index contributed by atoms with van der Waals surface area (Å²) in [5, 5.41) is 4.24. The van der Waals surface area contributed by atoms with Crippen LogP contribution in [-0.4, -0.2) is 15.8 Å². The molecule has 1 heterocycles. The number of aromatic nitrogens is 2. The standard InChI is InChI=1S/C17H24N4/c1-21-15(10-13-19-21)8-9-16(20-18)17(11-5-12-17)14-6-3-2-4-7-14/h2-4,6-7,10,13,16,20H,5,8-9,11-12,18H2,1H3. The van der Waals surface area contributed by atoms with Gasteiger partial charge in [0.05, 0.1) is 0 Å². The second-order valence-electron chi connectivity index (χ2n) is 6.08. The molecule has 1 unspecified atom stereocenters. The molecule has 4 heteroatoms. The molecule has 1 aromatic carbocycles. The Balaban J connectivity index is 1.76. The van der Waals surface area contributed by atoms with Crippen molar-refractivity contribution in [3.8, 4) is 0 Å². The van der Waals surface area contributed by atoms with Gasteiger partial charge in [-0.3, -0.25) is 16.0 Å². The van der Waals surface area contributed by atoms with Gasteiger partial charge in [0.1, 0.15) is 0 Å². The van der Waals surface area contributed by atoms with Crippen molar-refractivity contribution in [2.75, 3.05) is 0 Å². The zero-order chi connectivity index (χ0) is 14.7. The highest BCUT2D eigenvalue weighted by Gasteiger charge is 2.44. The van der Waals surface area contributed by atoms with E-state index in [1.54, 1.807) is 0 Å². The molecule has 0 radical (unpaired) electrons. The monoisotopic (exact) mass is 284 g/mol. The molecule has 0 amide bonds. The topological polar surface area (TPSA) is 55.9 Å². The van der Waals surface area contributed by atoms with E-state index < -0.39 is 0 Å². The molecule has 2 aromatic rings. The number of nitrogens with zero attached hydrogens (tertiary/aromatic N) is 2. The van der Waals surface area contributed by atoms with E-state index in [1.165, 1.54) is 30.5 Å². The number of aryl methyl sites for hydroxylation is 2. The summed E-state index contributed by atoms with van der Waals surface area (Å²) < 4.78 is 1.95. The van der Waals surface area contributed by atoms with Crippen LogP contribution in [0.3, 0.4) is 0 Å². The highest BCUT2D eigenvalue weighted by molar-refractivity contribution is 5.30. The third kappa shape index (κ3) is 2.61. The van der Waals surface area contributed by atoms with Crippen molar-refractivity contribution in [3.05, 3.63) is 53.9 Å². The summed E-state index contributed by atoms with van der Waals surface area (Å²) in [5.74, 6) is 5.91. The molecule has 0 spiro atoms. The molecule has 3 N–H and O–H groups in total. The van der Waals surface area contributed by atoms with Crippen molar-refractivity contribution in [3.63, 3.8) is 0 Å². The lowest BCUT2D eigenvalue weighted by molar-refractivity contribution is 0.161. The second-order valence-corrected chi connectivity index (χ2v) is 6.08. The van der Waals surface area contributed by atoms with E-state index >= 15 is 0 Å². The normalized spacial score (nSPS) is 18.2. The average Bonchev–Trinajstić information content (AvgIpc) is 2.88. The van der Waals surface area contributed by atoms with Gasteiger partial charge in [-0.2, -0.15) is 5.10 Å². The summed E-state index contributed by atoms with van der Waals surface area (Å²) in [4.78, 5) is 0. The molecule has 1 fully saturated rings. The van der Waals surface area contributed by atoms with Crippen LogP contribution in [0, 0.1) is 0 Å². The maximum Gasteiger partial charge on any atom is 0.0492 e. The molecular formula is C17H24N4. The van der Waals surface area contributed by atoms with Crippen molar-refractivity contribution in [1.82, 2.24) is 15.2 Å². The molecule has 1 aliphatic rings. The predicted octanol–water partition coefficient (Wildman–Crippen LogP) is 2.31. The zero-order valence-corrected chi connectivity index (χ0v) is 12.6. The molecule has 1 atom stereocenters. The van der Waals surface area contributed by atoms with Crippen molar-refractivity contribution in [2.45, 2.75) is 43.6 Å². The van der Waals surface area contributed by atoms with E-state index in [-0.39, 0.29) is 5.41 Å². The Morgan fingerprint density at radius 3 is 2.57 bits per heavy atom. The lowest BCUT2D eigenvalue weighted by atomic mass is 9.59. The Morgan fingerprint density at radius 2 is 2.05 bits per heavy atom. The van der Waals surface area contributed by atoms with Gasteiger partial charge in [0, 0.05) is 30.4 Å². The summed E-state index contributed by atoms with van der Waals surface area (Å²) >= 11 is 0. The third-order valence-corrected chi connectivity index (χ3v) is 5.07. The molecular weight excluding hydrogens is 260 g/mol. The summed E-state index contributed by atoms with van der Waals surface area (Å²) in [5.41, 5.74) is 5.98. The molecule has 1 aliphatic carbocycles. The van der Waals surface area contributed by atoms with Crippen LogP contribution in [-0.2, 0) is 18.9 Å². The lowest BCUT2D eigenvalue weighted by Crippen LogP contribution is -2.55. The van der Waals surface area contributed by atoms with Crippen LogP contribution in [0.25, 0.3) is 0 Å². The summed E-state index contributed by atoms with van der Waals surface area (Å²) in [6.45, 7) is 0. The summed E-state index contributed by atoms with van der Waals surface area (Å²) in [7, 11) is 2.00. The van der Waals surface area contributed by atoms with E-state index in [9.17, 15) is 0 Å². The van der Waals surface area contributed by atoms with E-state index in [0.29, 0.717) is 6.04 Å². The molecule has 1 aromatic heterocycles. The summed E-state index contributed by atoms with van der Waals surface area (Å²) in [6, 6.07) is 13.2. The predicted molar refractivity (Wildman–Crippen MR) is 84.6 cm³/mol. The highest BCUT2D eigenvalue weighted by atomic mass is 15.3. The van der Waals surface area contributed by atoms with Crippen LogP contribution in [0.2, 0.25) is 0 Å². The van der Waals surface area contributed by atoms with E-state index in [0.717, 1.165) is 12.8 Å². The Kier molecular flexibility index (Phi) is 4.08. The highest BCUT2D eigenvalue weighted by Crippen LogP contribution is 2.47. The quantitative estimate of drug-likeness (QED) is 0.632.